The molecule has 1 aliphatic heterocycles. The topological polar surface area (TPSA) is 201 Å². The number of thiazole rings is 1. The molecule has 35 heavy (non-hydrogen) atoms. The highest BCUT2D eigenvalue weighted by Gasteiger charge is 2.41. The van der Waals surface area contributed by atoms with Gasteiger partial charge in [-0.1, -0.05) is 5.16 Å². The summed E-state index contributed by atoms with van der Waals surface area (Å²) >= 11 is 0.974. The molecular formula is C20H30N6O8S. The quantitative estimate of drug-likeness (QED) is 0.0980. The second-order valence-electron chi connectivity index (χ2n) is 9.01. The van der Waals surface area contributed by atoms with E-state index < -0.39 is 52.9 Å². The molecule has 1 aromatic heterocycles. The number of β-lactam (4-membered cyclic amide) rings is 1. The number of aliphatic hydroxyl groups excluding tert-OH is 1. The molecule has 2 atom stereocenters. The molecule has 0 bridgehead atoms. The molecule has 1 fully saturated rings. The van der Waals surface area contributed by atoms with Gasteiger partial charge in [-0.25, -0.2) is 14.6 Å². The third-order valence-electron chi connectivity index (χ3n) is 4.40. The maximum atomic E-state index is 13.0. The van der Waals surface area contributed by atoms with E-state index in [2.05, 4.69) is 31.4 Å². The van der Waals surface area contributed by atoms with Gasteiger partial charge in [0.15, 0.2) is 10.8 Å². The first kappa shape index (κ1) is 27.9. The number of carbonyl (C=O) groups is 4. The van der Waals surface area contributed by atoms with Crippen molar-refractivity contribution in [2.24, 2.45) is 5.16 Å². The highest BCUT2D eigenvalue weighted by Crippen LogP contribution is 2.19. The normalized spacial score (nSPS) is 18.2. The van der Waals surface area contributed by atoms with Crippen LogP contribution in [0.5, 0.6) is 0 Å². The number of carboxylic acids is 1. The van der Waals surface area contributed by atoms with Crippen molar-refractivity contribution in [2.45, 2.75) is 57.9 Å². The molecule has 0 aromatic carbocycles. The minimum absolute atomic E-state index is 0.0190. The Hall–Kier alpha value is -3.30. The molecule has 0 aliphatic carbocycles. The highest BCUT2D eigenvalue weighted by molar-refractivity contribution is 7.14. The predicted octanol–water partition coefficient (Wildman–Crippen LogP) is -0.361. The van der Waals surface area contributed by atoms with Gasteiger partial charge in [0.25, 0.3) is 5.91 Å². The Morgan fingerprint density at radius 3 is 2.51 bits per heavy atom. The van der Waals surface area contributed by atoms with Crippen molar-refractivity contribution in [1.29, 1.82) is 0 Å². The van der Waals surface area contributed by atoms with Crippen molar-refractivity contribution in [3.63, 3.8) is 0 Å². The lowest BCUT2D eigenvalue weighted by Gasteiger charge is -2.37. The van der Waals surface area contributed by atoms with Gasteiger partial charge >= 0.3 is 12.1 Å². The second-order valence-corrected chi connectivity index (χ2v) is 9.86. The Morgan fingerprint density at radius 1 is 1.26 bits per heavy atom. The van der Waals surface area contributed by atoms with Gasteiger partial charge in [-0.3, -0.25) is 14.9 Å². The Kier molecular flexibility index (Phi) is 9.12. The number of hydrogen-bond acceptors (Lipinski definition) is 11. The van der Waals surface area contributed by atoms with Crippen LogP contribution in [0.1, 0.15) is 40.3 Å². The van der Waals surface area contributed by atoms with E-state index in [9.17, 15) is 24.3 Å². The number of amides is 3. The van der Waals surface area contributed by atoms with Crippen LogP contribution < -0.4 is 21.3 Å². The summed E-state index contributed by atoms with van der Waals surface area (Å²) in [6.45, 7) is 8.09. The monoisotopic (exact) mass is 514 g/mol. The second kappa shape index (κ2) is 11.4. The zero-order chi connectivity index (χ0) is 26.4. The number of hydrogen-bond donors (Lipinski definition) is 6. The minimum atomic E-state index is -1.76. The number of carbonyl (C=O) groups excluding carboxylic acids is 3. The first-order valence-corrected chi connectivity index (χ1v) is 11.5. The van der Waals surface area contributed by atoms with Crippen molar-refractivity contribution < 1.29 is 39.0 Å². The molecule has 1 aromatic rings. The lowest BCUT2D eigenvalue weighted by Crippen LogP contribution is -2.72. The van der Waals surface area contributed by atoms with Crippen LogP contribution in [0.3, 0.4) is 0 Å². The molecule has 14 nitrogen and oxygen atoms in total. The van der Waals surface area contributed by atoms with Crippen molar-refractivity contribution in [3.8, 4) is 0 Å². The summed E-state index contributed by atoms with van der Waals surface area (Å²) in [5.41, 5.74) is -2.91. The first-order valence-electron chi connectivity index (χ1n) is 10.6. The van der Waals surface area contributed by atoms with E-state index in [1.165, 1.54) is 19.2 Å². The lowest BCUT2D eigenvalue weighted by atomic mass is 9.98. The number of carboxylic acid groups (broad SMARTS) is 1. The standard InChI is InChI=1S/C20H30N6O8S/c1-19(2,3)33-18(32)25-17-23-11(9-35-17)13(26-34-20(4,5)16(30)31)15(29)24-12-10(22-14(12)28)8-21-6-7-27/h9-10,12,21,27H,6-8H2,1-5H3,(H,22,28)(H,24,29)(H,30,31)(H,23,25,32)/b26-13-/t10-,12+/m1/s1. The Morgan fingerprint density at radius 2 is 1.94 bits per heavy atom. The number of nitrogens with one attached hydrogen (secondary N) is 4. The molecule has 15 heteroatoms. The van der Waals surface area contributed by atoms with Crippen LogP contribution in [0.2, 0.25) is 0 Å². The number of aliphatic carboxylic acids is 1. The van der Waals surface area contributed by atoms with Gasteiger partial charge < -0.3 is 35.7 Å². The predicted molar refractivity (Wildman–Crippen MR) is 125 cm³/mol. The summed E-state index contributed by atoms with van der Waals surface area (Å²) < 4.78 is 5.17. The fraction of sp³-hybridized carbons (Fsp3) is 0.600. The molecule has 0 unspecified atom stereocenters. The maximum Gasteiger partial charge on any atom is 0.413 e. The average molecular weight is 515 g/mol. The molecule has 2 heterocycles. The third-order valence-corrected chi connectivity index (χ3v) is 5.16. The van der Waals surface area contributed by atoms with Crippen molar-refractivity contribution in [1.82, 2.24) is 20.9 Å². The van der Waals surface area contributed by atoms with E-state index in [0.717, 1.165) is 11.3 Å². The Balaban J connectivity index is 2.22. The molecule has 1 saturated heterocycles. The van der Waals surface area contributed by atoms with E-state index in [-0.39, 0.29) is 17.4 Å². The van der Waals surface area contributed by atoms with Crippen molar-refractivity contribution in [2.75, 3.05) is 25.0 Å². The van der Waals surface area contributed by atoms with Crippen molar-refractivity contribution >= 4 is 46.1 Å². The Labute approximate surface area is 205 Å². The summed E-state index contributed by atoms with van der Waals surface area (Å²) in [5, 5.41) is 33.9. The summed E-state index contributed by atoms with van der Waals surface area (Å²) in [6.07, 6.45) is -0.756. The van der Waals surface area contributed by atoms with E-state index in [1.54, 1.807) is 20.8 Å². The van der Waals surface area contributed by atoms with Crippen LogP contribution >= 0.6 is 11.3 Å². The maximum absolute atomic E-state index is 13.0. The average Bonchev–Trinajstić information content (AvgIpc) is 3.17. The van der Waals surface area contributed by atoms with E-state index in [4.69, 9.17) is 14.7 Å². The smallest absolute Gasteiger partial charge is 0.413 e. The van der Waals surface area contributed by atoms with Crippen LogP contribution in [0.25, 0.3) is 0 Å². The SMILES string of the molecule is CC(C)(C)OC(=O)Nc1nc(/C(=N/OC(C)(C)C(=O)O)C(=O)N[C@@H]2C(=O)N[C@@H]2CNCCO)cs1. The number of oxime groups is 1. The van der Waals surface area contributed by atoms with E-state index >= 15 is 0 Å². The van der Waals surface area contributed by atoms with Gasteiger partial charge in [-0.2, -0.15) is 0 Å². The third kappa shape index (κ3) is 8.15. The van der Waals surface area contributed by atoms with Gasteiger partial charge in [0.2, 0.25) is 11.5 Å². The summed E-state index contributed by atoms with van der Waals surface area (Å²) in [7, 11) is 0. The molecule has 1 aliphatic rings. The fourth-order valence-electron chi connectivity index (χ4n) is 2.56. The number of aromatic nitrogens is 1. The van der Waals surface area contributed by atoms with Gasteiger partial charge in [-0.15, -0.1) is 11.3 Å². The largest absolute Gasteiger partial charge is 0.478 e. The molecule has 194 valence electrons. The molecule has 0 spiro atoms. The van der Waals surface area contributed by atoms with Crippen LogP contribution in [0.4, 0.5) is 9.93 Å². The first-order chi connectivity index (χ1) is 16.2. The van der Waals surface area contributed by atoms with E-state index in [1.807, 2.05) is 0 Å². The zero-order valence-corrected chi connectivity index (χ0v) is 20.8. The Bertz CT molecular complexity index is 987. The van der Waals surface area contributed by atoms with Gasteiger partial charge in [-0.05, 0) is 34.6 Å². The molecule has 0 saturated carbocycles. The van der Waals surface area contributed by atoms with E-state index in [0.29, 0.717) is 13.1 Å². The molecule has 6 N–H and O–H groups in total. The molecule has 3 amide bonds. The summed E-state index contributed by atoms with van der Waals surface area (Å²) in [5.74, 6) is -2.59. The molecule has 0 radical (unpaired) electrons. The minimum Gasteiger partial charge on any atom is -0.478 e. The number of anilines is 1. The van der Waals surface area contributed by atoms with Crippen LogP contribution in [0.15, 0.2) is 10.5 Å². The lowest BCUT2D eigenvalue weighted by molar-refractivity contribution is -0.161. The van der Waals surface area contributed by atoms with Crippen LogP contribution in [-0.4, -0.2) is 87.8 Å². The highest BCUT2D eigenvalue weighted by atomic mass is 32.1. The summed E-state index contributed by atoms with van der Waals surface area (Å²) in [6, 6.07) is -1.33. The summed E-state index contributed by atoms with van der Waals surface area (Å²) in [4.78, 5) is 57.6. The van der Waals surface area contributed by atoms with Gasteiger partial charge in [0.05, 0.1) is 12.6 Å². The van der Waals surface area contributed by atoms with Gasteiger partial charge in [0, 0.05) is 18.5 Å². The fourth-order valence-corrected chi connectivity index (χ4v) is 3.24. The number of nitrogens with zero attached hydrogens (tertiary/aromatic N) is 2. The van der Waals surface area contributed by atoms with Gasteiger partial charge in [0.1, 0.15) is 17.3 Å². The molecule has 2 rings (SSSR count). The molecular weight excluding hydrogens is 484 g/mol. The van der Waals surface area contributed by atoms with Crippen molar-refractivity contribution in [3.05, 3.63) is 11.1 Å². The number of rotatable bonds is 11. The number of aliphatic hydroxyl groups is 1. The zero-order valence-electron chi connectivity index (χ0n) is 20.0. The van der Waals surface area contributed by atoms with Crippen LogP contribution in [-0.2, 0) is 24.0 Å². The number of ether oxygens (including phenoxy) is 1. The van der Waals surface area contributed by atoms with Crippen LogP contribution in [0, 0.1) is 0 Å².